The Bertz CT molecular complexity index is 970. The van der Waals surface area contributed by atoms with Crippen LogP contribution in [0, 0.1) is 5.92 Å². The summed E-state index contributed by atoms with van der Waals surface area (Å²) < 4.78 is 1.01. The Labute approximate surface area is 185 Å². The molecule has 0 aliphatic heterocycles. The van der Waals surface area contributed by atoms with Gasteiger partial charge in [0.2, 0.25) is 5.91 Å². The first-order chi connectivity index (χ1) is 14.6. The van der Waals surface area contributed by atoms with E-state index in [-0.39, 0.29) is 12.2 Å². The maximum atomic E-state index is 12.7. The van der Waals surface area contributed by atoms with E-state index in [0.29, 0.717) is 12.0 Å². The van der Waals surface area contributed by atoms with Gasteiger partial charge in [0.25, 0.3) is 0 Å². The molecule has 0 spiro atoms. The Morgan fingerprint density at radius 3 is 2.07 bits per heavy atom. The van der Waals surface area contributed by atoms with Crippen molar-refractivity contribution >= 4 is 27.6 Å². The molecule has 1 amide bonds. The highest BCUT2D eigenvalue weighted by atomic mass is 79.9. The van der Waals surface area contributed by atoms with E-state index in [1.54, 1.807) is 17.6 Å². The summed E-state index contributed by atoms with van der Waals surface area (Å²) in [6.07, 6.45) is 2.19. The fraction of sp³-hybridized carbons (Fsp3) is 0.200. The number of aryl methyl sites for hydroxylation is 1. The van der Waals surface area contributed by atoms with Gasteiger partial charge in [-0.05, 0) is 48.1 Å². The maximum absolute atomic E-state index is 12.7. The minimum Gasteiger partial charge on any atom is -0.294 e. The standard InChI is InChI=1S/C25H24BrNO3/c26-23-15-13-20(14-16-23)19-9-11-21(12-10-19)24(28)17-22(25(29)27-30)8-4-7-18-5-2-1-3-6-18/h1-3,5-6,9-16,22,30H,4,7-8,17H2,(H,27,29). The summed E-state index contributed by atoms with van der Waals surface area (Å²) in [5.74, 6) is -1.18. The van der Waals surface area contributed by atoms with Crippen LogP contribution in [-0.2, 0) is 11.2 Å². The molecule has 3 aromatic carbocycles. The average Bonchev–Trinajstić information content (AvgIpc) is 2.79. The number of hydrogen-bond donors (Lipinski definition) is 2. The highest BCUT2D eigenvalue weighted by Gasteiger charge is 2.22. The van der Waals surface area contributed by atoms with Crippen LogP contribution in [0.2, 0.25) is 0 Å². The molecule has 0 fully saturated rings. The minimum absolute atomic E-state index is 0.0683. The molecule has 0 aliphatic carbocycles. The van der Waals surface area contributed by atoms with Crippen LogP contribution in [0.15, 0.2) is 83.3 Å². The van der Waals surface area contributed by atoms with E-state index < -0.39 is 11.8 Å². The van der Waals surface area contributed by atoms with Crippen LogP contribution < -0.4 is 5.48 Å². The van der Waals surface area contributed by atoms with E-state index in [4.69, 9.17) is 5.21 Å². The van der Waals surface area contributed by atoms with Gasteiger partial charge >= 0.3 is 0 Å². The molecular formula is C25H24BrNO3. The lowest BCUT2D eigenvalue weighted by Crippen LogP contribution is -2.29. The fourth-order valence-electron chi connectivity index (χ4n) is 3.45. The second kappa shape index (κ2) is 10.9. The second-order valence-electron chi connectivity index (χ2n) is 7.26. The molecule has 5 heteroatoms. The number of carbonyl (C=O) groups is 2. The van der Waals surface area contributed by atoms with E-state index in [2.05, 4.69) is 15.9 Å². The Kier molecular flexibility index (Phi) is 7.94. The zero-order valence-electron chi connectivity index (χ0n) is 16.6. The molecule has 3 rings (SSSR count). The smallest absolute Gasteiger partial charge is 0.246 e. The third kappa shape index (κ3) is 6.12. The SMILES string of the molecule is O=C(CC(CCCc1ccccc1)C(=O)NO)c1ccc(-c2ccc(Br)cc2)cc1. The first kappa shape index (κ1) is 21.9. The molecule has 4 nitrogen and oxygen atoms in total. The van der Waals surface area contributed by atoms with Crippen molar-refractivity contribution in [1.82, 2.24) is 5.48 Å². The summed E-state index contributed by atoms with van der Waals surface area (Å²) >= 11 is 3.42. The molecule has 0 bridgehead atoms. The summed E-state index contributed by atoms with van der Waals surface area (Å²) in [6, 6.07) is 25.4. The normalized spacial score (nSPS) is 11.7. The van der Waals surface area contributed by atoms with E-state index in [0.717, 1.165) is 28.4 Å². The lowest BCUT2D eigenvalue weighted by atomic mass is 9.91. The van der Waals surface area contributed by atoms with Crippen molar-refractivity contribution in [2.75, 3.05) is 0 Å². The van der Waals surface area contributed by atoms with E-state index in [1.165, 1.54) is 5.56 Å². The van der Waals surface area contributed by atoms with Crippen LogP contribution in [0.4, 0.5) is 0 Å². The first-order valence-electron chi connectivity index (χ1n) is 9.94. The van der Waals surface area contributed by atoms with Crippen molar-refractivity contribution < 1.29 is 14.8 Å². The summed E-state index contributed by atoms with van der Waals surface area (Å²) in [4.78, 5) is 24.8. The number of halogens is 1. The Balaban J connectivity index is 1.61. The zero-order valence-corrected chi connectivity index (χ0v) is 18.1. The van der Waals surface area contributed by atoms with Crippen molar-refractivity contribution in [3.63, 3.8) is 0 Å². The summed E-state index contributed by atoms with van der Waals surface area (Å²) in [5.41, 5.74) is 5.55. The van der Waals surface area contributed by atoms with Crippen LogP contribution >= 0.6 is 15.9 Å². The van der Waals surface area contributed by atoms with Crippen molar-refractivity contribution in [3.05, 3.63) is 94.5 Å². The molecule has 0 saturated carbocycles. The van der Waals surface area contributed by atoms with Gasteiger partial charge in [0.05, 0.1) is 0 Å². The highest BCUT2D eigenvalue weighted by molar-refractivity contribution is 9.10. The van der Waals surface area contributed by atoms with Crippen LogP contribution in [0.25, 0.3) is 11.1 Å². The second-order valence-corrected chi connectivity index (χ2v) is 8.18. The Morgan fingerprint density at radius 2 is 1.47 bits per heavy atom. The summed E-state index contributed by atoms with van der Waals surface area (Å²) in [5, 5.41) is 9.07. The van der Waals surface area contributed by atoms with Gasteiger partial charge in [0.15, 0.2) is 5.78 Å². The number of benzene rings is 3. The van der Waals surface area contributed by atoms with Gasteiger partial charge < -0.3 is 0 Å². The van der Waals surface area contributed by atoms with Crippen molar-refractivity contribution in [2.45, 2.75) is 25.7 Å². The van der Waals surface area contributed by atoms with Crippen molar-refractivity contribution in [3.8, 4) is 11.1 Å². The minimum atomic E-state index is -0.558. The Morgan fingerprint density at radius 1 is 0.867 bits per heavy atom. The van der Waals surface area contributed by atoms with Gasteiger partial charge in [-0.15, -0.1) is 0 Å². The van der Waals surface area contributed by atoms with Gasteiger partial charge in [0.1, 0.15) is 0 Å². The Hall–Kier alpha value is -2.76. The van der Waals surface area contributed by atoms with Crippen LogP contribution in [0.3, 0.4) is 0 Å². The van der Waals surface area contributed by atoms with Crippen LogP contribution in [0.1, 0.15) is 35.2 Å². The van der Waals surface area contributed by atoms with Gasteiger partial charge in [0, 0.05) is 22.4 Å². The topological polar surface area (TPSA) is 66.4 Å². The van der Waals surface area contributed by atoms with Crippen molar-refractivity contribution in [1.29, 1.82) is 0 Å². The number of hydroxylamine groups is 1. The quantitative estimate of drug-likeness (QED) is 0.237. The monoisotopic (exact) mass is 465 g/mol. The van der Waals surface area contributed by atoms with E-state index in [9.17, 15) is 9.59 Å². The molecule has 2 N–H and O–H groups in total. The molecule has 154 valence electrons. The van der Waals surface area contributed by atoms with Crippen LogP contribution in [-0.4, -0.2) is 16.9 Å². The molecule has 0 heterocycles. The first-order valence-corrected chi connectivity index (χ1v) is 10.7. The average molecular weight is 466 g/mol. The highest BCUT2D eigenvalue weighted by Crippen LogP contribution is 2.23. The predicted octanol–water partition coefficient (Wildman–Crippen LogP) is 5.83. The van der Waals surface area contributed by atoms with Gasteiger partial charge in [-0.1, -0.05) is 82.7 Å². The fourth-order valence-corrected chi connectivity index (χ4v) is 3.71. The molecule has 0 radical (unpaired) electrons. The maximum Gasteiger partial charge on any atom is 0.246 e. The lowest BCUT2D eigenvalue weighted by molar-refractivity contribution is -0.133. The molecule has 1 atom stereocenters. The van der Waals surface area contributed by atoms with Gasteiger partial charge in [-0.3, -0.25) is 14.8 Å². The molecule has 0 aliphatic rings. The number of rotatable bonds is 9. The van der Waals surface area contributed by atoms with Crippen molar-refractivity contribution in [2.24, 2.45) is 5.92 Å². The molecule has 3 aromatic rings. The van der Waals surface area contributed by atoms with Gasteiger partial charge in [-0.2, -0.15) is 0 Å². The third-order valence-corrected chi connectivity index (χ3v) is 5.69. The molecule has 1 unspecified atom stereocenters. The predicted molar refractivity (Wildman–Crippen MR) is 121 cm³/mol. The summed E-state index contributed by atoms with van der Waals surface area (Å²) in [6.45, 7) is 0. The number of carbonyl (C=O) groups excluding carboxylic acids is 2. The van der Waals surface area contributed by atoms with Crippen LogP contribution in [0.5, 0.6) is 0 Å². The molecule has 30 heavy (non-hydrogen) atoms. The molecule has 0 saturated heterocycles. The summed E-state index contributed by atoms with van der Waals surface area (Å²) in [7, 11) is 0. The molecule has 0 aromatic heterocycles. The lowest BCUT2D eigenvalue weighted by Gasteiger charge is -2.14. The third-order valence-electron chi connectivity index (χ3n) is 5.16. The number of nitrogens with one attached hydrogen (secondary N) is 1. The number of amides is 1. The van der Waals surface area contributed by atoms with E-state index >= 15 is 0 Å². The number of hydrogen-bond acceptors (Lipinski definition) is 3. The van der Waals surface area contributed by atoms with Gasteiger partial charge in [-0.25, -0.2) is 5.48 Å². The van der Waals surface area contributed by atoms with E-state index in [1.807, 2.05) is 66.7 Å². The largest absolute Gasteiger partial charge is 0.294 e. The zero-order chi connectivity index (χ0) is 21.3. The molecular weight excluding hydrogens is 442 g/mol. The number of Topliss-reactive ketones (excluding diaryl/α,β-unsaturated/α-hetero) is 1. The number of ketones is 1.